The Morgan fingerprint density at radius 2 is 1.47 bits per heavy atom. The largest absolute Gasteiger partial charge is 0.507 e. The third-order valence-electron chi connectivity index (χ3n) is 8.62. The van der Waals surface area contributed by atoms with Crippen LogP contribution >= 0.6 is 0 Å². The smallest absolute Gasteiger partial charge is 0.195 e. The Kier molecular flexibility index (Phi) is 13.8. The standard InChI is InChI=1S/C33H54N2O6Si2/c1-32(2,3)43(9,10)41-31(35-23-26-15-11-13-17-29(26)36)28(19-20-33(4,5)42(7,8)37)34-24-27-16-12-14-18-30(27)40-25-39-22-21-38-6/h11-18,23-24,28,31,36-37H,19-22,25H2,1-10H3/b34-24+,35-23+/t28-,31?/m0/s1. The fourth-order valence-corrected chi connectivity index (χ4v) is 5.68. The molecule has 0 aromatic heterocycles. The SMILES string of the molecule is COCCOCOc1ccccc1/C=N/[C@@H](CCC(C)(C)[Si](C)(C)O)C(/N=C/c1ccccc1O)O[Si](C)(C)C(C)(C)C. The minimum Gasteiger partial charge on any atom is -0.507 e. The van der Waals surface area contributed by atoms with Gasteiger partial charge in [-0.3, -0.25) is 9.98 Å². The third-order valence-corrected chi connectivity index (χ3v) is 16.6. The summed E-state index contributed by atoms with van der Waals surface area (Å²) in [5, 5.41) is 10.1. The van der Waals surface area contributed by atoms with Crippen LogP contribution in [0.25, 0.3) is 0 Å². The lowest BCUT2D eigenvalue weighted by Gasteiger charge is -2.40. The first-order chi connectivity index (χ1) is 20.0. The van der Waals surface area contributed by atoms with Crippen molar-refractivity contribution in [3.63, 3.8) is 0 Å². The summed E-state index contributed by atoms with van der Waals surface area (Å²) in [5.74, 6) is 0.816. The van der Waals surface area contributed by atoms with Gasteiger partial charge in [-0.15, -0.1) is 0 Å². The highest BCUT2D eigenvalue weighted by Gasteiger charge is 2.42. The number of aliphatic imine (C=N–C) groups is 2. The van der Waals surface area contributed by atoms with Crippen molar-refractivity contribution in [3.8, 4) is 11.5 Å². The average Bonchev–Trinajstić information content (AvgIpc) is 2.91. The molecule has 0 spiro atoms. The number of para-hydroxylation sites is 2. The van der Waals surface area contributed by atoms with Crippen LogP contribution in [-0.4, -0.2) is 78.4 Å². The molecule has 2 aromatic carbocycles. The molecule has 2 atom stereocenters. The molecule has 0 radical (unpaired) electrons. The van der Waals surface area contributed by atoms with E-state index in [1.165, 1.54) is 0 Å². The van der Waals surface area contributed by atoms with Crippen molar-refractivity contribution < 1.29 is 28.5 Å². The number of phenols is 1. The maximum absolute atomic E-state index is 11.0. The van der Waals surface area contributed by atoms with E-state index in [0.29, 0.717) is 30.9 Å². The molecule has 0 aliphatic heterocycles. The van der Waals surface area contributed by atoms with Gasteiger partial charge in [0.25, 0.3) is 0 Å². The number of benzene rings is 2. The van der Waals surface area contributed by atoms with Crippen molar-refractivity contribution >= 4 is 29.1 Å². The molecule has 0 aliphatic carbocycles. The highest BCUT2D eigenvalue weighted by molar-refractivity contribution is 6.74. The van der Waals surface area contributed by atoms with Crippen molar-refractivity contribution in [2.24, 2.45) is 9.98 Å². The normalized spacial score (nSPS) is 14.9. The number of nitrogens with zero attached hydrogens (tertiary/aromatic N) is 2. The summed E-state index contributed by atoms with van der Waals surface area (Å²) in [7, 11) is -3.11. The molecule has 0 saturated carbocycles. The number of rotatable bonds is 17. The van der Waals surface area contributed by atoms with Crippen LogP contribution in [0.1, 0.15) is 58.6 Å². The highest BCUT2D eigenvalue weighted by Crippen LogP contribution is 2.42. The van der Waals surface area contributed by atoms with Gasteiger partial charge >= 0.3 is 0 Å². The first-order valence-electron chi connectivity index (χ1n) is 15.0. The van der Waals surface area contributed by atoms with Crippen LogP contribution in [-0.2, 0) is 13.9 Å². The molecule has 0 saturated heterocycles. The van der Waals surface area contributed by atoms with Crippen molar-refractivity contribution in [3.05, 3.63) is 59.7 Å². The topological polar surface area (TPSA) is 102 Å². The van der Waals surface area contributed by atoms with Crippen LogP contribution in [0.15, 0.2) is 58.5 Å². The zero-order valence-electron chi connectivity index (χ0n) is 27.9. The molecule has 10 heteroatoms. The summed E-state index contributed by atoms with van der Waals surface area (Å²) < 4.78 is 23.4. The van der Waals surface area contributed by atoms with Gasteiger partial charge in [-0.05, 0) is 73.4 Å². The van der Waals surface area contributed by atoms with E-state index in [0.717, 1.165) is 12.0 Å². The van der Waals surface area contributed by atoms with E-state index in [2.05, 4.69) is 47.7 Å². The second-order valence-corrected chi connectivity index (χ2v) is 22.9. The van der Waals surface area contributed by atoms with E-state index in [1.54, 1.807) is 25.5 Å². The number of hydrogen-bond acceptors (Lipinski definition) is 8. The fraction of sp³-hybridized carbons (Fsp3) is 0.576. The van der Waals surface area contributed by atoms with E-state index in [-0.39, 0.29) is 28.7 Å². The van der Waals surface area contributed by atoms with Crippen LogP contribution in [0.2, 0.25) is 36.3 Å². The Balaban J connectivity index is 2.51. The third kappa shape index (κ3) is 11.6. The molecule has 2 aromatic rings. The maximum atomic E-state index is 11.0. The summed E-state index contributed by atoms with van der Waals surface area (Å²) >= 11 is 0. The quantitative estimate of drug-likeness (QED) is 0.0817. The number of hydrogen-bond donors (Lipinski definition) is 2. The Labute approximate surface area is 261 Å². The van der Waals surface area contributed by atoms with Crippen LogP contribution in [0.4, 0.5) is 0 Å². The lowest BCUT2D eigenvalue weighted by Crippen LogP contribution is -2.46. The molecule has 0 fully saturated rings. The predicted octanol–water partition coefficient (Wildman–Crippen LogP) is 7.40. The van der Waals surface area contributed by atoms with Gasteiger partial charge in [0.1, 0.15) is 11.5 Å². The van der Waals surface area contributed by atoms with Gasteiger partial charge in [-0.1, -0.05) is 58.9 Å². The lowest BCUT2D eigenvalue weighted by atomic mass is 10.0. The number of methoxy groups -OCH3 is 1. The average molecular weight is 631 g/mol. The van der Waals surface area contributed by atoms with Crippen LogP contribution < -0.4 is 4.74 Å². The van der Waals surface area contributed by atoms with E-state index >= 15 is 0 Å². The zero-order chi connectivity index (χ0) is 32.3. The molecule has 0 bridgehead atoms. The molecule has 1 unspecified atom stereocenters. The Bertz CT molecular complexity index is 1190. The summed E-state index contributed by atoms with van der Waals surface area (Å²) in [6.07, 6.45) is 4.31. The highest BCUT2D eigenvalue weighted by atomic mass is 28.4. The molecule has 2 N–H and O–H groups in total. The Hall–Kier alpha value is -2.35. The fourth-order valence-electron chi connectivity index (χ4n) is 3.74. The van der Waals surface area contributed by atoms with Crippen molar-refractivity contribution in [1.82, 2.24) is 0 Å². The van der Waals surface area contributed by atoms with Crippen LogP contribution in [0, 0.1) is 0 Å². The van der Waals surface area contributed by atoms with E-state index in [4.69, 9.17) is 28.6 Å². The predicted molar refractivity (Wildman–Crippen MR) is 182 cm³/mol. The summed E-state index contributed by atoms with van der Waals surface area (Å²) in [4.78, 5) is 21.1. The first kappa shape index (κ1) is 36.8. The second-order valence-electron chi connectivity index (χ2n) is 13.6. The molecular formula is C33H54N2O6Si2. The second kappa shape index (κ2) is 16.1. The lowest BCUT2D eigenvalue weighted by molar-refractivity contribution is -0.00852. The van der Waals surface area contributed by atoms with E-state index in [1.807, 2.05) is 55.7 Å². The minimum absolute atomic E-state index is 0.0492. The van der Waals surface area contributed by atoms with Crippen LogP contribution in [0.3, 0.4) is 0 Å². The molecular weight excluding hydrogens is 577 g/mol. The summed E-state index contributed by atoms with van der Waals surface area (Å²) in [6.45, 7) is 20.3. The summed E-state index contributed by atoms with van der Waals surface area (Å²) in [5.41, 5.74) is 1.43. The molecule has 0 aliphatic rings. The van der Waals surface area contributed by atoms with Gasteiger partial charge < -0.3 is 28.5 Å². The van der Waals surface area contributed by atoms with Crippen LogP contribution in [0.5, 0.6) is 11.5 Å². The molecule has 0 amide bonds. The summed E-state index contributed by atoms with van der Waals surface area (Å²) in [6, 6.07) is 14.5. The molecule has 240 valence electrons. The monoisotopic (exact) mass is 630 g/mol. The van der Waals surface area contributed by atoms with Gasteiger partial charge in [0.2, 0.25) is 0 Å². The number of phenolic OH excluding ortho intramolecular Hbond substituents is 1. The molecule has 2 rings (SSSR count). The van der Waals surface area contributed by atoms with Crippen molar-refractivity contribution in [2.75, 3.05) is 27.1 Å². The van der Waals surface area contributed by atoms with Gasteiger partial charge in [0.05, 0.1) is 19.3 Å². The van der Waals surface area contributed by atoms with Gasteiger partial charge in [0, 0.05) is 30.7 Å². The van der Waals surface area contributed by atoms with Gasteiger partial charge in [-0.2, -0.15) is 0 Å². The van der Waals surface area contributed by atoms with Gasteiger partial charge in [0.15, 0.2) is 29.7 Å². The molecule has 8 nitrogen and oxygen atoms in total. The first-order valence-corrected chi connectivity index (χ1v) is 20.9. The Morgan fingerprint density at radius 3 is 2.07 bits per heavy atom. The maximum Gasteiger partial charge on any atom is 0.195 e. The molecule has 0 heterocycles. The van der Waals surface area contributed by atoms with Gasteiger partial charge in [-0.25, -0.2) is 0 Å². The van der Waals surface area contributed by atoms with Crippen molar-refractivity contribution in [1.29, 1.82) is 0 Å². The zero-order valence-corrected chi connectivity index (χ0v) is 29.9. The van der Waals surface area contributed by atoms with Crippen molar-refractivity contribution in [2.45, 2.75) is 96.0 Å². The minimum atomic E-state index is -2.46. The molecule has 43 heavy (non-hydrogen) atoms. The Morgan fingerprint density at radius 1 is 0.860 bits per heavy atom. The van der Waals surface area contributed by atoms with E-state index in [9.17, 15) is 9.90 Å². The number of aromatic hydroxyl groups is 1. The van der Waals surface area contributed by atoms with E-state index < -0.39 is 22.9 Å². The number of ether oxygens (including phenoxy) is 3.